The third-order valence-corrected chi connectivity index (χ3v) is 4.68. The van der Waals surface area contributed by atoms with Gasteiger partial charge in [-0.25, -0.2) is 0 Å². The van der Waals surface area contributed by atoms with E-state index >= 15 is 0 Å². The quantitative estimate of drug-likeness (QED) is 0.838. The average Bonchev–Trinajstić information content (AvgIpc) is 3.19. The van der Waals surface area contributed by atoms with Crippen LogP contribution in [0.1, 0.15) is 21.5 Å². The molecule has 0 unspecified atom stereocenters. The summed E-state index contributed by atoms with van der Waals surface area (Å²) in [6, 6.07) is 9.46. The smallest absolute Gasteiger partial charge is 0.286 e. The van der Waals surface area contributed by atoms with E-state index in [0.29, 0.717) is 24.9 Å². The minimum Gasteiger partial charge on any atom is -0.472 e. The SMILES string of the molecule is O=C1NC(=O)[C@H](Cc2ccc(CCNC(=O)c3ccoc3)cc2)S1. The molecule has 1 aromatic heterocycles. The van der Waals surface area contributed by atoms with Gasteiger partial charge in [0.2, 0.25) is 5.91 Å². The number of hydrogen-bond donors (Lipinski definition) is 2. The zero-order chi connectivity index (χ0) is 16.9. The molecule has 3 rings (SSSR count). The Labute approximate surface area is 143 Å². The third kappa shape index (κ3) is 4.05. The first-order chi connectivity index (χ1) is 11.6. The zero-order valence-corrected chi connectivity index (χ0v) is 13.6. The van der Waals surface area contributed by atoms with Gasteiger partial charge in [0, 0.05) is 6.54 Å². The Morgan fingerprint density at radius 3 is 2.54 bits per heavy atom. The number of rotatable bonds is 6. The van der Waals surface area contributed by atoms with E-state index < -0.39 is 0 Å². The summed E-state index contributed by atoms with van der Waals surface area (Å²) in [5.74, 6) is -0.384. The number of benzene rings is 1. The van der Waals surface area contributed by atoms with Crippen LogP contribution in [0.2, 0.25) is 0 Å². The number of furan rings is 1. The molecule has 1 aromatic carbocycles. The van der Waals surface area contributed by atoms with Crippen molar-refractivity contribution in [1.29, 1.82) is 0 Å². The van der Waals surface area contributed by atoms with Crippen LogP contribution in [-0.2, 0) is 17.6 Å². The fourth-order valence-corrected chi connectivity index (χ4v) is 3.26. The van der Waals surface area contributed by atoms with Crippen LogP contribution in [0.5, 0.6) is 0 Å². The molecule has 0 spiro atoms. The number of thioether (sulfide) groups is 1. The van der Waals surface area contributed by atoms with Crippen molar-refractivity contribution in [1.82, 2.24) is 10.6 Å². The fourth-order valence-electron chi connectivity index (χ4n) is 2.40. The zero-order valence-electron chi connectivity index (χ0n) is 12.8. The van der Waals surface area contributed by atoms with Crippen molar-refractivity contribution in [3.05, 3.63) is 59.5 Å². The van der Waals surface area contributed by atoms with Crippen molar-refractivity contribution in [2.75, 3.05) is 6.54 Å². The van der Waals surface area contributed by atoms with Gasteiger partial charge in [-0.2, -0.15) is 0 Å². The van der Waals surface area contributed by atoms with Crippen LogP contribution in [-0.4, -0.2) is 28.8 Å². The van der Waals surface area contributed by atoms with Gasteiger partial charge >= 0.3 is 0 Å². The highest BCUT2D eigenvalue weighted by Crippen LogP contribution is 2.23. The lowest BCUT2D eigenvalue weighted by molar-refractivity contribution is -0.118. The Balaban J connectivity index is 1.47. The second-order valence-electron chi connectivity index (χ2n) is 5.42. The molecule has 1 saturated heterocycles. The molecule has 2 heterocycles. The van der Waals surface area contributed by atoms with Gasteiger partial charge in [0.25, 0.3) is 11.1 Å². The maximum Gasteiger partial charge on any atom is 0.286 e. The van der Waals surface area contributed by atoms with E-state index in [1.165, 1.54) is 12.5 Å². The number of imide groups is 1. The number of carbonyl (C=O) groups excluding carboxylic acids is 3. The van der Waals surface area contributed by atoms with Crippen LogP contribution < -0.4 is 10.6 Å². The molecule has 3 amide bonds. The first-order valence-electron chi connectivity index (χ1n) is 7.51. The summed E-state index contributed by atoms with van der Waals surface area (Å²) in [7, 11) is 0. The minimum atomic E-state index is -0.349. The lowest BCUT2D eigenvalue weighted by Crippen LogP contribution is -2.25. The number of amides is 3. The van der Waals surface area contributed by atoms with Gasteiger partial charge in [-0.3, -0.25) is 19.7 Å². The molecular weight excluding hydrogens is 328 g/mol. The maximum absolute atomic E-state index is 11.8. The molecule has 124 valence electrons. The molecule has 0 bridgehead atoms. The van der Waals surface area contributed by atoms with Gasteiger partial charge in [-0.05, 0) is 30.0 Å². The summed E-state index contributed by atoms with van der Waals surface area (Å²) in [6.45, 7) is 0.527. The topological polar surface area (TPSA) is 88.4 Å². The highest BCUT2D eigenvalue weighted by molar-refractivity contribution is 8.15. The highest BCUT2D eigenvalue weighted by atomic mass is 32.2. The first-order valence-corrected chi connectivity index (χ1v) is 8.39. The average molecular weight is 344 g/mol. The Hall–Kier alpha value is -2.54. The predicted octanol–water partition coefficient (Wildman–Crippen LogP) is 2.15. The second-order valence-corrected chi connectivity index (χ2v) is 6.60. The predicted molar refractivity (Wildman–Crippen MR) is 89.8 cm³/mol. The third-order valence-electron chi connectivity index (χ3n) is 3.69. The molecule has 2 aromatic rings. The number of carbonyl (C=O) groups is 3. The standard InChI is InChI=1S/C17H16N2O4S/c20-15(13-6-8-23-10-13)18-7-5-11-1-3-12(4-2-11)9-14-16(21)19-17(22)24-14/h1-4,6,8,10,14H,5,7,9H2,(H,18,20)(H,19,21,22)/t14-/m0/s1. The molecule has 0 radical (unpaired) electrons. The monoisotopic (exact) mass is 344 g/mol. The van der Waals surface area contributed by atoms with Crippen LogP contribution in [0, 0.1) is 0 Å². The summed E-state index contributed by atoms with van der Waals surface area (Å²) < 4.78 is 4.87. The van der Waals surface area contributed by atoms with Gasteiger partial charge in [-0.1, -0.05) is 36.0 Å². The summed E-state index contributed by atoms with van der Waals surface area (Å²) in [5, 5.41) is 4.48. The van der Waals surface area contributed by atoms with Crippen molar-refractivity contribution >= 4 is 28.8 Å². The van der Waals surface area contributed by atoms with E-state index in [-0.39, 0.29) is 22.3 Å². The first kappa shape index (κ1) is 16.3. The Morgan fingerprint density at radius 1 is 1.17 bits per heavy atom. The van der Waals surface area contributed by atoms with Gasteiger partial charge in [-0.15, -0.1) is 0 Å². The summed E-state index contributed by atoms with van der Waals surface area (Å²) in [5.41, 5.74) is 2.60. The van der Waals surface area contributed by atoms with Crippen LogP contribution in [0.25, 0.3) is 0 Å². The van der Waals surface area contributed by atoms with E-state index in [9.17, 15) is 14.4 Å². The van der Waals surface area contributed by atoms with Crippen molar-refractivity contribution in [3.63, 3.8) is 0 Å². The molecule has 1 fully saturated rings. The van der Waals surface area contributed by atoms with Crippen LogP contribution in [0.15, 0.2) is 47.3 Å². The highest BCUT2D eigenvalue weighted by Gasteiger charge is 2.31. The molecule has 2 N–H and O–H groups in total. The van der Waals surface area contributed by atoms with Gasteiger partial charge in [0.05, 0.1) is 17.1 Å². The Kier molecular flexibility index (Phi) is 5.00. The van der Waals surface area contributed by atoms with Crippen LogP contribution in [0.3, 0.4) is 0 Å². The summed E-state index contributed by atoms with van der Waals surface area (Å²) in [4.78, 5) is 34.5. The molecule has 24 heavy (non-hydrogen) atoms. The number of hydrogen-bond acceptors (Lipinski definition) is 5. The van der Waals surface area contributed by atoms with Crippen molar-refractivity contribution < 1.29 is 18.8 Å². The van der Waals surface area contributed by atoms with E-state index in [1.807, 2.05) is 24.3 Å². The van der Waals surface area contributed by atoms with E-state index in [2.05, 4.69) is 10.6 Å². The van der Waals surface area contributed by atoms with E-state index in [4.69, 9.17) is 4.42 Å². The lowest BCUT2D eigenvalue weighted by atomic mass is 10.1. The van der Waals surface area contributed by atoms with E-state index in [0.717, 1.165) is 22.9 Å². The van der Waals surface area contributed by atoms with Crippen LogP contribution >= 0.6 is 11.8 Å². The fraction of sp³-hybridized carbons (Fsp3) is 0.235. The molecule has 7 heteroatoms. The van der Waals surface area contributed by atoms with Crippen LogP contribution in [0.4, 0.5) is 4.79 Å². The summed E-state index contributed by atoms with van der Waals surface area (Å²) >= 11 is 1.03. The van der Waals surface area contributed by atoms with E-state index in [1.54, 1.807) is 6.07 Å². The lowest BCUT2D eigenvalue weighted by Gasteiger charge is -2.07. The molecule has 1 aliphatic rings. The molecule has 1 atom stereocenters. The normalized spacial score (nSPS) is 16.9. The van der Waals surface area contributed by atoms with Crippen molar-refractivity contribution in [2.45, 2.75) is 18.1 Å². The number of nitrogens with one attached hydrogen (secondary N) is 2. The molecule has 6 nitrogen and oxygen atoms in total. The molecule has 1 aliphatic heterocycles. The minimum absolute atomic E-state index is 0.158. The van der Waals surface area contributed by atoms with Gasteiger partial charge in [0.15, 0.2) is 0 Å². The maximum atomic E-state index is 11.8. The van der Waals surface area contributed by atoms with Gasteiger partial charge in [0.1, 0.15) is 6.26 Å². The molecule has 0 saturated carbocycles. The Morgan fingerprint density at radius 2 is 1.92 bits per heavy atom. The summed E-state index contributed by atoms with van der Waals surface area (Å²) in [6.07, 6.45) is 4.11. The van der Waals surface area contributed by atoms with Crippen molar-refractivity contribution in [3.8, 4) is 0 Å². The Bertz CT molecular complexity index is 740. The van der Waals surface area contributed by atoms with Crippen molar-refractivity contribution in [2.24, 2.45) is 0 Å². The van der Waals surface area contributed by atoms with Gasteiger partial charge < -0.3 is 9.73 Å². The largest absolute Gasteiger partial charge is 0.472 e. The second kappa shape index (κ2) is 7.35. The molecule has 0 aliphatic carbocycles. The molecular formula is C17H16N2O4S.